The van der Waals surface area contributed by atoms with Crippen LogP contribution < -0.4 is 10.0 Å². The molecule has 1 aromatic carbocycles. The Labute approximate surface area is 125 Å². The summed E-state index contributed by atoms with van der Waals surface area (Å²) in [5, 5.41) is 3.20. The Morgan fingerprint density at radius 1 is 1.38 bits per heavy atom. The second-order valence-corrected chi connectivity index (χ2v) is 7.07. The summed E-state index contributed by atoms with van der Waals surface area (Å²) >= 11 is 0. The van der Waals surface area contributed by atoms with E-state index >= 15 is 0 Å². The number of carbonyl (C=O) groups is 1. The first-order valence-electron chi connectivity index (χ1n) is 6.92. The third kappa shape index (κ3) is 3.36. The quantitative estimate of drug-likeness (QED) is 0.862. The van der Waals surface area contributed by atoms with Crippen molar-refractivity contribution in [2.45, 2.75) is 30.7 Å². The standard InChI is InChI=1S/C14H21N3O3S/c1-10(14(18)17(2)3)16-21(19,20)13-8-4-7-12-11(13)6-5-9-15-12/h4,7-8,10,15-16H,5-6,9H2,1-3H3. The van der Waals surface area contributed by atoms with E-state index in [1.54, 1.807) is 33.2 Å². The van der Waals surface area contributed by atoms with Crippen LogP contribution in [0.25, 0.3) is 0 Å². The van der Waals surface area contributed by atoms with E-state index in [1.807, 2.05) is 6.07 Å². The zero-order valence-corrected chi connectivity index (χ0v) is 13.3. The molecule has 7 heteroatoms. The Balaban J connectivity index is 2.30. The summed E-state index contributed by atoms with van der Waals surface area (Å²) in [6.45, 7) is 2.40. The molecule has 2 N–H and O–H groups in total. The highest BCUT2D eigenvalue weighted by Crippen LogP contribution is 2.28. The van der Waals surface area contributed by atoms with Crippen molar-refractivity contribution >= 4 is 21.6 Å². The van der Waals surface area contributed by atoms with E-state index in [-0.39, 0.29) is 10.8 Å². The molecular weight excluding hydrogens is 290 g/mol. The molecule has 1 aromatic rings. The molecule has 1 unspecified atom stereocenters. The predicted molar refractivity (Wildman–Crippen MR) is 81.7 cm³/mol. The zero-order chi connectivity index (χ0) is 15.6. The Hall–Kier alpha value is -1.60. The lowest BCUT2D eigenvalue weighted by Gasteiger charge is -2.22. The van der Waals surface area contributed by atoms with Crippen molar-refractivity contribution in [1.82, 2.24) is 9.62 Å². The van der Waals surface area contributed by atoms with Gasteiger partial charge in [-0.2, -0.15) is 4.72 Å². The summed E-state index contributed by atoms with van der Waals surface area (Å²) in [5.41, 5.74) is 1.65. The van der Waals surface area contributed by atoms with E-state index in [2.05, 4.69) is 10.0 Å². The summed E-state index contributed by atoms with van der Waals surface area (Å²) in [5.74, 6) is -0.276. The fourth-order valence-corrected chi connectivity index (χ4v) is 3.95. The maximum absolute atomic E-state index is 12.5. The highest BCUT2D eigenvalue weighted by molar-refractivity contribution is 7.89. The minimum atomic E-state index is -3.72. The predicted octanol–water partition coefficient (Wildman–Crippen LogP) is 0.800. The summed E-state index contributed by atoms with van der Waals surface area (Å²) in [6, 6.07) is 4.38. The first-order valence-corrected chi connectivity index (χ1v) is 8.40. The summed E-state index contributed by atoms with van der Waals surface area (Å²) < 4.78 is 27.5. The number of amides is 1. The van der Waals surface area contributed by atoms with Gasteiger partial charge in [-0.15, -0.1) is 0 Å². The normalized spacial score (nSPS) is 15.8. The van der Waals surface area contributed by atoms with Crippen LogP contribution in [0.4, 0.5) is 5.69 Å². The van der Waals surface area contributed by atoms with E-state index in [0.717, 1.165) is 30.6 Å². The molecule has 1 atom stereocenters. The number of nitrogens with one attached hydrogen (secondary N) is 2. The molecule has 21 heavy (non-hydrogen) atoms. The lowest BCUT2D eigenvalue weighted by Crippen LogP contribution is -2.44. The topological polar surface area (TPSA) is 78.5 Å². The van der Waals surface area contributed by atoms with Gasteiger partial charge in [0.05, 0.1) is 10.9 Å². The fraction of sp³-hybridized carbons (Fsp3) is 0.500. The minimum absolute atomic E-state index is 0.255. The molecule has 1 aliphatic rings. The van der Waals surface area contributed by atoms with Gasteiger partial charge in [0, 0.05) is 26.3 Å². The molecule has 0 fully saturated rings. The Kier molecular flexibility index (Phi) is 4.53. The summed E-state index contributed by atoms with van der Waals surface area (Å²) in [6.07, 6.45) is 1.61. The van der Waals surface area contributed by atoms with Crippen molar-refractivity contribution in [3.63, 3.8) is 0 Å². The first-order chi connectivity index (χ1) is 9.83. The van der Waals surface area contributed by atoms with Crippen LogP contribution in [-0.2, 0) is 21.2 Å². The number of carbonyl (C=O) groups excluding carboxylic acids is 1. The average molecular weight is 311 g/mol. The van der Waals surface area contributed by atoms with Crippen LogP contribution in [0.5, 0.6) is 0 Å². The number of nitrogens with zero attached hydrogens (tertiary/aromatic N) is 1. The van der Waals surface area contributed by atoms with Gasteiger partial charge in [0.25, 0.3) is 0 Å². The number of sulfonamides is 1. The van der Waals surface area contributed by atoms with Gasteiger partial charge in [-0.3, -0.25) is 4.79 Å². The Bertz CT molecular complexity index is 641. The van der Waals surface area contributed by atoms with Crippen molar-refractivity contribution in [2.75, 3.05) is 26.0 Å². The van der Waals surface area contributed by atoms with Gasteiger partial charge in [0.2, 0.25) is 15.9 Å². The van der Waals surface area contributed by atoms with Crippen molar-refractivity contribution in [3.05, 3.63) is 23.8 Å². The van der Waals surface area contributed by atoms with Crippen LogP contribution in [0.15, 0.2) is 23.1 Å². The van der Waals surface area contributed by atoms with E-state index in [9.17, 15) is 13.2 Å². The number of anilines is 1. The molecular formula is C14H21N3O3S. The van der Waals surface area contributed by atoms with Crippen LogP contribution >= 0.6 is 0 Å². The largest absolute Gasteiger partial charge is 0.385 e. The maximum atomic E-state index is 12.5. The van der Waals surface area contributed by atoms with Gasteiger partial charge in [-0.05, 0) is 37.5 Å². The van der Waals surface area contributed by atoms with Gasteiger partial charge in [0.1, 0.15) is 0 Å². The van der Waals surface area contributed by atoms with Crippen LogP contribution in [0.3, 0.4) is 0 Å². The minimum Gasteiger partial charge on any atom is -0.385 e. The van der Waals surface area contributed by atoms with Crippen molar-refractivity contribution < 1.29 is 13.2 Å². The Morgan fingerprint density at radius 3 is 2.76 bits per heavy atom. The molecule has 6 nitrogen and oxygen atoms in total. The number of hydrogen-bond acceptors (Lipinski definition) is 4. The number of hydrogen-bond donors (Lipinski definition) is 2. The molecule has 0 radical (unpaired) electrons. The molecule has 1 amide bonds. The lowest BCUT2D eigenvalue weighted by atomic mass is 10.0. The van der Waals surface area contributed by atoms with Crippen LogP contribution in [-0.4, -0.2) is 45.9 Å². The second kappa shape index (κ2) is 6.03. The van der Waals surface area contributed by atoms with Crippen LogP contribution in [0.1, 0.15) is 18.9 Å². The van der Waals surface area contributed by atoms with Gasteiger partial charge in [-0.1, -0.05) is 6.07 Å². The fourth-order valence-electron chi connectivity index (χ4n) is 2.46. The summed E-state index contributed by atoms with van der Waals surface area (Å²) in [4.78, 5) is 13.5. The van der Waals surface area contributed by atoms with Gasteiger partial charge in [-0.25, -0.2) is 8.42 Å². The molecule has 0 spiro atoms. The number of rotatable bonds is 4. The maximum Gasteiger partial charge on any atom is 0.241 e. The molecule has 1 aliphatic heterocycles. The summed E-state index contributed by atoms with van der Waals surface area (Å²) in [7, 11) is -0.520. The van der Waals surface area contributed by atoms with E-state index < -0.39 is 16.1 Å². The van der Waals surface area contributed by atoms with E-state index in [1.165, 1.54) is 4.90 Å². The smallest absolute Gasteiger partial charge is 0.241 e. The molecule has 0 aliphatic carbocycles. The van der Waals surface area contributed by atoms with Gasteiger partial charge >= 0.3 is 0 Å². The van der Waals surface area contributed by atoms with E-state index in [0.29, 0.717) is 0 Å². The molecule has 2 rings (SSSR count). The second-order valence-electron chi connectivity index (χ2n) is 5.39. The van der Waals surface area contributed by atoms with Gasteiger partial charge in [0.15, 0.2) is 0 Å². The third-order valence-electron chi connectivity index (χ3n) is 3.48. The number of likely N-dealkylation sites (N-methyl/N-ethyl adjacent to an activating group) is 1. The highest BCUT2D eigenvalue weighted by Gasteiger charge is 2.26. The monoisotopic (exact) mass is 311 g/mol. The molecule has 116 valence electrons. The Morgan fingerprint density at radius 2 is 2.10 bits per heavy atom. The lowest BCUT2D eigenvalue weighted by molar-refractivity contribution is -0.130. The third-order valence-corrected chi connectivity index (χ3v) is 5.11. The first kappa shape index (κ1) is 15.8. The van der Waals surface area contributed by atoms with Gasteiger partial charge < -0.3 is 10.2 Å². The van der Waals surface area contributed by atoms with Crippen molar-refractivity contribution in [2.24, 2.45) is 0 Å². The molecule has 0 saturated carbocycles. The molecule has 0 saturated heterocycles. The molecule has 0 bridgehead atoms. The van der Waals surface area contributed by atoms with Crippen molar-refractivity contribution in [1.29, 1.82) is 0 Å². The van der Waals surface area contributed by atoms with Crippen LogP contribution in [0, 0.1) is 0 Å². The average Bonchev–Trinajstić information content (AvgIpc) is 2.45. The highest BCUT2D eigenvalue weighted by atomic mass is 32.2. The SMILES string of the molecule is CC(NS(=O)(=O)c1cccc2c1CCCN2)C(=O)N(C)C. The zero-order valence-electron chi connectivity index (χ0n) is 12.5. The number of benzene rings is 1. The molecule has 1 heterocycles. The van der Waals surface area contributed by atoms with Crippen molar-refractivity contribution in [3.8, 4) is 0 Å². The van der Waals surface area contributed by atoms with Crippen LogP contribution in [0.2, 0.25) is 0 Å². The molecule has 0 aromatic heterocycles. The van der Waals surface area contributed by atoms with E-state index in [4.69, 9.17) is 0 Å². The number of fused-ring (bicyclic) bond motifs is 1.